The molecule has 6 atom stereocenters. The molecule has 4 aromatic heterocycles. The molecule has 1 fully saturated rings. The van der Waals surface area contributed by atoms with E-state index < -0.39 is 67.3 Å². The van der Waals surface area contributed by atoms with Gasteiger partial charge in [0, 0.05) is 81.0 Å². The van der Waals surface area contributed by atoms with Crippen molar-refractivity contribution in [1.82, 2.24) is 45.0 Å². The van der Waals surface area contributed by atoms with Crippen molar-refractivity contribution < 1.29 is 103 Å². The maximum absolute atomic E-state index is 16.2. The third kappa shape index (κ3) is 20.2. The minimum atomic E-state index is -5.81. The topological polar surface area (TPSA) is 410 Å². The zero-order valence-corrected chi connectivity index (χ0v) is 53.4. The summed E-state index contributed by atoms with van der Waals surface area (Å²) in [6, 6.07) is 22.4. The van der Waals surface area contributed by atoms with Crippen LogP contribution in [-0.4, -0.2) is 158 Å². The molecular formula is C56H67BF2N11O20P3S. The van der Waals surface area contributed by atoms with E-state index in [2.05, 4.69) is 49.9 Å². The van der Waals surface area contributed by atoms with Crippen molar-refractivity contribution in [1.29, 1.82) is 0 Å². The van der Waals surface area contributed by atoms with Gasteiger partial charge in [-0.25, -0.2) is 24.0 Å². The van der Waals surface area contributed by atoms with Gasteiger partial charge in [-0.1, -0.05) is 48.0 Å². The second kappa shape index (κ2) is 32.2. The number of halogens is 2. The van der Waals surface area contributed by atoms with Crippen LogP contribution in [0.3, 0.4) is 0 Å². The number of carbonyl (C=O) groups is 3. The fraction of sp³-hybridized carbons (Fsp3) is 0.357. The summed E-state index contributed by atoms with van der Waals surface area (Å²) >= 11 is 1.41. The number of carbonyl (C=O) groups excluding carboxylic acids is 3. The van der Waals surface area contributed by atoms with Crippen LogP contribution in [0.25, 0.3) is 18.2 Å². The second-order valence-corrected chi connectivity index (χ2v) is 26.7. The smallest absolute Gasteiger partial charge is 0.484 e. The molecule has 94 heavy (non-hydrogen) atoms. The molecule has 6 unspecified atom stereocenters. The van der Waals surface area contributed by atoms with Gasteiger partial charge in [0.25, 0.3) is 11.8 Å². The first-order valence-corrected chi connectivity index (χ1v) is 34.7. The number of ether oxygens (including phenoxy) is 3. The third-order valence-electron chi connectivity index (χ3n) is 14.3. The number of nitrogens with one attached hydrogen (secondary N) is 4. The highest BCUT2D eigenvalue weighted by atomic mass is 32.1. The molecule has 0 radical (unpaired) electrons. The van der Waals surface area contributed by atoms with Gasteiger partial charge in [0.05, 0.1) is 23.8 Å². The van der Waals surface area contributed by atoms with Crippen molar-refractivity contribution in [3.63, 3.8) is 0 Å². The average Bonchev–Trinajstić information content (AvgIpc) is 1.57. The number of phosphoric acid groups is 3. The Labute approximate surface area is 538 Å². The maximum atomic E-state index is 16.2. The Kier molecular flexibility index (Phi) is 24.2. The molecule has 504 valence electrons. The Morgan fingerprint density at radius 1 is 0.777 bits per heavy atom. The first-order valence-electron chi connectivity index (χ1n) is 29.3. The number of aromatic nitrogens is 6. The summed E-state index contributed by atoms with van der Waals surface area (Å²) in [4.78, 5) is 96.4. The monoisotopic (exact) mass is 1390 g/mol. The predicted molar refractivity (Wildman–Crippen MR) is 334 cm³/mol. The molecule has 7 heterocycles. The van der Waals surface area contributed by atoms with E-state index in [9.17, 15) is 52.9 Å². The molecule has 31 nitrogen and oxygen atoms in total. The van der Waals surface area contributed by atoms with Crippen LogP contribution in [0.5, 0.6) is 11.5 Å². The summed E-state index contributed by atoms with van der Waals surface area (Å²) in [5.41, 5.74) is 5.65. The fourth-order valence-corrected chi connectivity index (χ4v) is 13.7. The van der Waals surface area contributed by atoms with Crippen LogP contribution in [0, 0.1) is 0 Å². The first kappa shape index (κ1) is 70.6. The van der Waals surface area contributed by atoms with Crippen LogP contribution in [0.15, 0.2) is 119 Å². The normalized spacial score (nSPS) is 18.7. The summed E-state index contributed by atoms with van der Waals surface area (Å²) in [6.07, 6.45) is 9.30. The number of anilines is 1. The van der Waals surface area contributed by atoms with Crippen LogP contribution in [0.1, 0.15) is 77.8 Å². The Balaban J connectivity index is 0.559. The lowest BCUT2D eigenvalue weighted by atomic mass is 9.90. The molecule has 3 aliphatic rings. The van der Waals surface area contributed by atoms with Crippen LogP contribution in [0.2, 0.25) is 0 Å². The number of benzene rings is 2. The number of aliphatic hydroxyl groups excluding tert-OH is 2. The molecule has 6 aromatic rings. The largest absolute Gasteiger partial charge is 0.737 e. The molecular weight excluding hydrogens is 1320 g/mol. The number of phosphoric ester groups is 1. The summed E-state index contributed by atoms with van der Waals surface area (Å²) in [7, 11) is -17.0. The maximum Gasteiger partial charge on any atom is 0.737 e. The molecule has 38 heteroatoms. The van der Waals surface area contributed by atoms with Gasteiger partial charge < -0.3 is 77.5 Å². The Hall–Kier alpha value is -7.69. The summed E-state index contributed by atoms with van der Waals surface area (Å²) in [5.74, 6) is 0.249. The summed E-state index contributed by atoms with van der Waals surface area (Å²) < 4.78 is 99.8. The third-order valence-corrected chi connectivity index (χ3v) is 19.0. The summed E-state index contributed by atoms with van der Waals surface area (Å²) in [5, 5.41) is 39.6. The Bertz CT molecular complexity index is 3960. The average molecular weight is 1390 g/mol. The highest BCUT2D eigenvalue weighted by Crippen LogP contribution is 2.66. The lowest BCUT2D eigenvalue weighted by molar-refractivity contribution is -0.360. The first-order chi connectivity index (χ1) is 44.9. The lowest BCUT2D eigenvalue weighted by Crippen LogP contribution is -2.50. The van der Waals surface area contributed by atoms with Gasteiger partial charge in [0.15, 0.2) is 36.7 Å². The van der Waals surface area contributed by atoms with E-state index in [0.29, 0.717) is 111 Å². The zero-order valence-electron chi connectivity index (χ0n) is 49.9. The Morgan fingerprint density at radius 3 is 2.20 bits per heavy atom. The van der Waals surface area contributed by atoms with Crippen LogP contribution >= 0.6 is 34.8 Å². The molecule has 2 aromatic carbocycles. The van der Waals surface area contributed by atoms with E-state index in [1.54, 1.807) is 89.8 Å². The van der Waals surface area contributed by atoms with E-state index in [4.69, 9.17) is 28.8 Å². The van der Waals surface area contributed by atoms with Gasteiger partial charge in [-0.3, -0.25) is 33.0 Å². The number of aryl methyl sites for hydroxylation is 2. The number of amides is 3. The minimum Gasteiger partial charge on any atom is -0.484 e. The van der Waals surface area contributed by atoms with Gasteiger partial charge >= 0.3 is 36.1 Å². The highest BCUT2D eigenvalue weighted by Gasteiger charge is 2.53. The minimum absolute atomic E-state index is 0.0265. The number of hydrogen-bond acceptors (Lipinski definition) is 21. The number of nitrogens with zero attached hydrogens (tertiary/aromatic N) is 7. The molecule has 10 N–H and O–H groups in total. The molecule has 0 bridgehead atoms. The van der Waals surface area contributed by atoms with Gasteiger partial charge in [-0.15, -0.1) is 16.4 Å². The van der Waals surface area contributed by atoms with Gasteiger partial charge in [-0.2, -0.15) is 13.6 Å². The number of allylic oxidation sites excluding steroid dienone is 2. The standard InChI is InChI=1S/C56H67BF2N11O20P3S/c58-57(59)69-41(16-17-42(69)33-43-18-23-46(70(43)57)48-8-5-32-94-48)15-10-39-13-21-45(22-14-39)84-36-51(72)61-26-3-1-2-9-50(71)60-27-6-29-67-34-40(64-66-67)24-28-62-52(73)37-85-44-19-11-38(12-20-44)7-4-31-86-65-49-25-30-68(56(76)63-49)55-54(75)53(74)47(88-55)35-87-92(80,81)90-93(82,83)89-91(77,78)79/h5,8,10-23,25,30,32-34,47,53-55,74-75H,1-4,6-7,9,24,26-29,31,35-37H2,(H,60,71)(H,61,72)(H,62,73)(H,80,81)(H,82,83)(H,63,65,76)(H2,77,78,79). The molecule has 1 saturated heterocycles. The van der Waals surface area contributed by atoms with Crippen molar-refractivity contribution in [2.75, 3.05) is 51.5 Å². The van der Waals surface area contributed by atoms with Crippen LogP contribution < -0.4 is 36.6 Å². The number of rotatable bonds is 36. The van der Waals surface area contributed by atoms with Crippen molar-refractivity contribution in [3.05, 3.63) is 158 Å². The van der Waals surface area contributed by atoms with Crippen LogP contribution in [0.4, 0.5) is 14.4 Å². The van der Waals surface area contributed by atoms with Crippen molar-refractivity contribution >= 4 is 89.3 Å². The Morgan fingerprint density at radius 2 is 1.49 bits per heavy atom. The van der Waals surface area contributed by atoms with Crippen molar-refractivity contribution in [2.24, 2.45) is 0 Å². The van der Waals surface area contributed by atoms with E-state index in [1.807, 2.05) is 29.6 Å². The van der Waals surface area contributed by atoms with Crippen molar-refractivity contribution in [3.8, 4) is 11.5 Å². The fourth-order valence-electron chi connectivity index (χ4n) is 9.89. The van der Waals surface area contributed by atoms with Gasteiger partial charge in [0.2, 0.25) is 5.91 Å². The lowest BCUT2D eigenvalue weighted by Gasteiger charge is -2.30. The molecule has 3 amide bonds. The number of unbranched alkanes of at least 4 members (excludes halogenated alkanes) is 2. The molecule has 9 rings (SSSR count). The molecule has 3 aliphatic heterocycles. The number of aliphatic hydroxyl groups is 2. The van der Waals surface area contributed by atoms with E-state index in [0.717, 1.165) is 42.2 Å². The number of fused-ring (bicyclic) bond motifs is 2. The summed E-state index contributed by atoms with van der Waals surface area (Å²) in [6.45, 7) is -3.74. The van der Waals surface area contributed by atoms with E-state index in [1.165, 1.54) is 17.4 Å². The SMILES string of the molecule is O=C(CCCCCNC(=O)COc1ccc(C=Cc2ccc3n2[B-](F)(F)[N+]2=C(c4cccs4)C=CC2=C3)cc1)NCCCn1cc(CCNC(=O)COc2ccc(CCCONc3ccn(C4OC(COP(=O)(O)OP(=O)(O)OP(=O)(O)O)C(O)C4O)c(=O)n3)cc2)nn1. The molecule has 0 saturated carbocycles. The molecule has 0 spiro atoms. The number of hydrogen-bond donors (Lipinski definition) is 10. The number of thiophene rings is 1. The van der Waals surface area contributed by atoms with E-state index >= 15 is 8.63 Å². The van der Waals surface area contributed by atoms with Gasteiger partial charge in [-0.05, 0) is 103 Å². The van der Waals surface area contributed by atoms with Crippen LogP contribution in [-0.2, 0) is 70.2 Å². The predicted octanol–water partition coefficient (Wildman–Crippen LogP) is 4.46. The van der Waals surface area contributed by atoms with Gasteiger partial charge in [0.1, 0.15) is 29.8 Å². The highest BCUT2D eigenvalue weighted by molar-refractivity contribution is 7.66. The zero-order chi connectivity index (χ0) is 67.0. The quantitative estimate of drug-likeness (QED) is 0.0112. The second-order valence-electron chi connectivity index (χ2n) is 21.3. The van der Waals surface area contributed by atoms with E-state index in [-0.39, 0.29) is 43.4 Å². The van der Waals surface area contributed by atoms with Crippen molar-refractivity contribution in [2.45, 2.75) is 82.5 Å². The molecule has 0 aliphatic carbocycles.